The minimum absolute atomic E-state index is 0.00227. The van der Waals surface area contributed by atoms with Crippen LogP contribution in [0.15, 0.2) is 35.1 Å². The Morgan fingerprint density at radius 2 is 2.17 bits per heavy atom. The molecule has 0 aliphatic heterocycles. The van der Waals surface area contributed by atoms with Gasteiger partial charge in [-0.15, -0.1) is 0 Å². The number of para-hydroxylation sites is 1. The largest absolute Gasteiger partial charge is 0.322 e. The van der Waals surface area contributed by atoms with E-state index in [1.54, 1.807) is 11.8 Å². The second-order valence-corrected chi connectivity index (χ2v) is 5.36. The summed E-state index contributed by atoms with van der Waals surface area (Å²) >= 11 is 1.80. The quantitative estimate of drug-likeness (QED) is 0.869. The van der Waals surface area contributed by atoms with Crippen LogP contribution in [0.25, 0.3) is 10.9 Å². The average Bonchev–Trinajstić information content (AvgIpc) is 2.36. The maximum absolute atomic E-state index is 11.9. The summed E-state index contributed by atoms with van der Waals surface area (Å²) in [7, 11) is 0. The highest BCUT2D eigenvalue weighted by molar-refractivity contribution is 7.98. The summed E-state index contributed by atoms with van der Waals surface area (Å²) < 4.78 is 0. The van der Waals surface area contributed by atoms with Crippen LogP contribution in [0.4, 0.5) is 0 Å². The Morgan fingerprint density at radius 3 is 2.94 bits per heavy atom. The molecule has 0 spiro atoms. The zero-order valence-electron chi connectivity index (χ0n) is 10.7. The van der Waals surface area contributed by atoms with E-state index in [1.165, 1.54) is 0 Å². The third kappa shape index (κ3) is 3.15. The molecule has 0 radical (unpaired) electrons. The van der Waals surface area contributed by atoms with E-state index in [9.17, 15) is 4.79 Å². The number of aromatic amines is 1. The van der Waals surface area contributed by atoms with E-state index in [1.807, 2.05) is 30.3 Å². The van der Waals surface area contributed by atoms with Crippen molar-refractivity contribution in [2.75, 3.05) is 12.0 Å². The number of H-pyrrole nitrogens is 1. The van der Waals surface area contributed by atoms with Crippen molar-refractivity contribution in [1.29, 1.82) is 0 Å². The number of fused-ring (bicyclic) bond motifs is 1. The van der Waals surface area contributed by atoms with Crippen LogP contribution in [0.2, 0.25) is 0 Å². The lowest BCUT2D eigenvalue weighted by Crippen LogP contribution is -2.30. The third-order valence-electron chi connectivity index (χ3n) is 2.89. The molecule has 0 saturated heterocycles. The van der Waals surface area contributed by atoms with Gasteiger partial charge in [0.05, 0.1) is 0 Å². The van der Waals surface area contributed by atoms with Gasteiger partial charge in [0.2, 0.25) is 0 Å². The molecule has 1 unspecified atom stereocenters. The Morgan fingerprint density at radius 1 is 1.39 bits per heavy atom. The molecule has 96 valence electrons. The second-order valence-electron chi connectivity index (χ2n) is 4.45. The van der Waals surface area contributed by atoms with E-state index in [0.717, 1.165) is 22.2 Å². The highest BCUT2D eigenvalue weighted by Gasteiger charge is 2.05. The van der Waals surface area contributed by atoms with Crippen LogP contribution in [0.1, 0.15) is 12.5 Å². The number of benzene rings is 1. The molecule has 18 heavy (non-hydrogen) atoms. The minimum Gasteiger partial charge on any atom is -0.322 e. The van der Waals surface area contributed by atoms with E-state index in [2.05, 4.69) is 23.5 Å². The molecule has 0 aliphatic carbocycles. The molecule has 1 atom stereocenters. The molecule has 4 heteroatoms. The Bertz CT molecular complexity index is 579. The topological polar surface area (TPSA) is 44.9 Å². The van der Waals surface area contributed by atoms with Crippen molar-refractivity contribution in [1.82, 2.24) is 10.3 Å². The van der Waals surface area contributed by atoms with Gasteiger partial charge in [-0.3, -0.25) is 4.79 Å². The average molecular weight is 262 g/mol. The minimum atomic E-state index is -0.00227. The normalized spacial score (nSPS) is 12.8. The molecule has 0 fully saturated rings. The number of hydrogen-bond donors (Lipinski definition) is 2. The zero-order chi connectivity index (χ0) is 13.0. The van der Waals surface area contributed by atoms with E-state index >= 15 is 0 Å². The number of nitrogens with one attached hydrogen (secondary N) is 2. The zero-order valence-corrected chi connectivity index (χ0v) is 11.5. The van der Waals surface area contributed by atoms with E-state index in [0.29, 0.717) is 12.6 Å². The highest BCUT2D eigenvalue weighted by atomic mass is 32.2. The van der Waals surface area contributed by atoms with Gasteiger partial charge in [0.1, 0.15) is 0 Å². The SMILES string of the molecule is CSCC(C)NCc1cc2ccccc2[nH]c1=O. The van der Waals surface area contributed by atoms with Crippen LogP contribution in [0.5, 0.6) is 0 Å². The van der Waals surface area contributed by atoms with Gasteiger partial charge >= 0.3 is 0 Å². The first-order chi connectivity index (χ1) is 8.70. The standard InChI is InChI=1S/C14H18N2OS/c1-10(9-18-2)15-8-12-7-11-5-3-4-6-13(11)16-14(12)17/h3-7,10,15H,8-9H2,1-2H3,(H,16,17). The van der Waals surface area contributed by atoms with Gasteiger partial charge in [-0.25, -0.2) is 0 Å². The molecule has 3 nitrogen and oxygen atoms in total. The van der Waals surface area contributed by atoms with Crippen LogP contribution in [0.3, 0.4) is 0 Å². The molecule has 2 rings (SSSR count). The molecule has 0 bridgehead atoms. The van der Waals surface area contributed by atoms with Crippen LogP contribution < -0.4 is 10.9 Å². The van der Waals surface area contributed by atoms with Crippen LogP contribution in [-0.2, 0) is 6.54 Å². The summed E-state index contributed by atoms with van der Waals surface area (Å²) in [6, 6.07) is 10.2. The molecule has 2 aromatic rings. The van der Waals surface area contributed by atoms with Gasteiger partial charge < -0.3 is 10.3 Å². The Hall–Kier alpha value is -1.26. The summed E-state index contributed by atoms with van der Waals surface area (Å²) in [5, 5.41) is 4.44. The van der Waals surface area contributed by atoms with Crippen LogP contribution in [0, 0.1) is 0 Å². The van der Waals surface area contributed by atoms with Gasteiger partial charge in [-0.2, -0.15) is 11.8 Å². The van der Waals surface area contributed by atoms with Gasteiger partial charge in [-0.05, 0) is 30.7 Å². The molecular formula is C14H18N2OS. The smallest absolute Gasteiger partial charge is 0.252 e. The summed E-state index contributed by atoms with van der Waals surface area (Å²) in [5.74, 6) is 1.05. The van der Waals surface area contributed by atoms with Crippen molar-refractivity contribution in [3.05, 3.63) is 46.2 Å². The van der Waals surface area contributed by atoms with Crippen molar-refractivity contribution < 1.29 is 0 Å². The number of aromatic nitrogens is 1. The summed E-state index contributed by atoms with van der Waals surface area (Å²) in [5.41, 5.74) is 1.68. The van der Waals surface area contributed by atoms with E-state index in [4.69, 9.17) is 0 Å². The van der Waals surface area contributed by atoms with Crippen molar-refractivity contribution in [3.63, 3.8) is 0 Å². The Balaban J connectivity index is 2.18. The van der Waals surface area contributed by atoms with Gasteiger partial charge in [0.25, 0.3) is 5.56 Å². The fourth-order valence-electron chi connectivity index (χ4n) is 1.92. The molecule has 0 aliphatic rings. The predicted molar refractivity (Wildman–Crippen MR) is 79.3 cm³/mol. The number of rotatable bonds is 5. The first kappa shape index (κ1) is 13.2. The monoisotopic (exact) mass is 262 g/mol. The fourth-order valence-corrected chi connectivity index (χ4v) is 2.53. The molecule has 0 amide bonds. The Labute approximate surface area is 111 Å². The van der Waals surface area contributed by atoms with Crippen LogP contribution in [-0.4, -0.2) is 23.0 Å². The lowest BCUT2D eigenvalue weighted by atomic mass is 10.1. The molecule has 1 heterocycles. The van der Waals surface area contributed by atoms with Crippen molar-refractivity contribution in [2.24, 2.45) is 0 Å². The summed E-state index contributed by atoms with van der Waals surface area (Å²) in [6.07, 6.45) is 2.08. The predicted octanol–water partition coefficient (Wildman–Crippen LogP) is 2.37. The van der Waals surface area contributed by atoms with Crippen molar-refractivity contribution in [3.8, 4) is 0 Å². The van der Waals surface area contributed by atoms with Gasteiger partial charge in [0, 0.05) is 29.4 Å². The summed E-state index contributed by atoms with van der Waals surface area (Å²) in [6.45, 7) is 2.74. The maximum atomic E-state index is 11.9. The van der Waals surface area contributed by atoms with E-state index in [-0.39, 0.29) is 5.56 Å². The van der Waals surface area contributed by atoms with Gasteiger partial charge in [-0.1, -0.05) is 18.2 Å². The maximum Gasteiger partial charge on any atom is 0.252 e. The van der Waals surface area contributed by atoms with Crippen molar-refractivity contribution >= 4 is 22.7 Å². The molecule has 1 aromatic carbocycles. The highest BCUT2D eigenvalue weighted by Crippen LogP contribution is 2.10. The first-order valence-corrected chi connectivity index (χ1v) is 7.43. The fraction of sp³-hybridized carbons (Fsp3) is 0.357. The Kier molecular flexibility index (Phi) is 4.44. The number of thioether (sulfide) groups is 1. The molecule has 1 aromatic heterocycles. The van der Waals surface area contributed by atoms with Gasteiger partial charge in [0.15, 0.2) is 0 Å². The lowest BCUT2D eigenvalue weighted by molar-refractivity contribution is 0.593. The van der Waals surface area contributed by atoms with Crippen molar-refractivity contribution in [2.45, 2.75) is 19.5 Å². The van der Waals surface area contributed by atoms with E-state index < -0.39 is 0 Å². The molecule has 2 N–H and O–H groups in total. The lowest BCUT2D eigenvalue weighted by Gasteiger charge is -2.12. The molecule has 0 saturated carbocycles. The summed E-state index contributed by atoms with van der Waals surface area (Å²) in [4.78, 5) is 14.8. The first-order valence-electron chi connectivity index (χ1n) is 6.04. The number of pyridine rings is 1. The second kappa shape index (κ2) is 6.07. The van der Waals surface area contributed by atoms with Crippen LogP contribution >= 0.6 is 11.8 Å². The number of hydrogen-bond acceptors (Lipinski definition) is 3. The third-order valence-corrected chi connectivity index (χ3v) is 3.72. The molecular weight excluding hydrogens is 244 g/mol.